The van der Waals surface area contributed by atoms with Gasteiger partial charge in [0.15, 0.2) is 0 Å². The molecule has 19 heavy (non-hydrogen) atoms. The fourth-order valence-electron chi connectivity index (χ4n) is 2.61. The van der Waals surface area contributed by atoms with Crippen molar-refractivity contribution < 1.29 is 9.53 Å². The Morgan fingerprint density at radius 1 is 1.37 bits per heavy atom. The van der Waals surface area contributed by atoms with E-state index in [4.69, 9.17) is 4.74 Å². The molecule has 0 saturated carbocycles. The molecule has 0 aliphatic carbocycles. The highest BCUT2D eigenvalue weighted by molar-refractivity contribution is 5.83. The van der Waals surface area contributed by atoms with Crippen LogP contribution in [0.3, 0.4) is 0 Å². The highest BCUT2D eigenvalue weighted by Gasteiger charge is 2.30. The first-order valence-corrected chi connectivity index (χ1v) is 6.79. The van der Waals surface area contributed by atoms with E-state index in [1.54, 1.807) is 7.11 Å². The predicted octanol–water partition coefficient (Wildman–Crippen LogP) is 1.97. The summed E-state index contributed by atoms with van der Waals surface area (Å²) in [5.41, 5.74) is 1.14. The average molecular weight is 262 g/mol. The Hall–Kier alpha value is -1.55. The monoisotopic (exact) mass is 262 g/mol. The normalized spacial score (nSPS) is 21.3. The molecule has 0 spiro atoms. The number of carbonyl (C=O) groups excluding carboxylic acids is 1. The standard InChI is InChI=1S/C15H22N2O2/c1-11(12-6-8-13(19-3)9-7-12)17-10-4-5-14(16-2)15(17)18/h6-9,11,14,16H,4-5,10H2,1-3H3. The maximum absolute atomic E-state index is 12.3. The first-order valence-electron chi connectivity index (χ1n) is 6.79. The number of likely N-dealkylation sites (N-methyl/N-ethyl adjacent to an activating group) is 1. The second kappa shape index (κ2) is 6.06. The third-order valence-electron chi connectivity index (χ3n) is 3.89. The van der Waals surface area contributed by atoms with Gasteiger partial charge in [-0.05, 0) is 44.5 Å². The van der Waals surface area contributed by atoms with Gasteiger partial charge in [0, 0.05) is 6.54 Å². The van der Waals surface area contributed by atoms with Gasteiger partial charge in [0.25, 0.3) is 0 Å². The number of nitrogens with one attached hydrogen (secondary N) is 1. The van der Waals surface area contributed by atoms with E-state index in [1.807, 2.05) is 36.2 Å². The van der Waals surface area contributed by atoms with Crippen LogP contribution in [0.25, 0.3) is 0 Å². The van der Waals surface area contributed by atoms with Crippen molar-refractivity contribution in [2.24, 2.45) is 0 Å². The maximum atomic E-state index is 12.3. The SMILES string of the molecule is CNC1CCCN(C(C)c2ccc(OC)cc2)C1=O. The van der Waals surface area contributed by atoms with Crippen LogP contribution in [0.5, 0.6) is 5.75 Å². The Labute approximate surface area is 114 Å². The third-order valence-corrected chi connectivity index (χ3v) is 3.89. The molecule has 1 heterocycles. The summed E-state index contributed by atoms with van der Waals surface area (Å²) in [7, 11) is 3.51. The van der Waals surface area contributed by atoms with Crippen molar-refractivity contribution >= 4 is 5.91 Å². The van der Waals surface area contributed by atoms with E-state index >= 15 is 0 Å². The van der Waals surface area contributed by atoms with Crippen molar-refractivity contribution in [1.29, 1.82) is 0 Å². The summed E-state index contributed by atoms with van der Waals surface area (Å²) in [4.78, 5) is 14.3. The molecule has 1 N–H and O–H groups in total. The number of ether oxygens (including phenoxy) is 1. The van der Waals surface area contributed by atoms with Gasteiger partial charge in [0.05, 0.1) is 19.2 Å². The first kappa shape index (κ1) is 13.9. The van der Waals surface area contributed by atoms with Crippen molar-refractivity contribution in [3.05, 3.63) is 29.8 Å². The lowest BCUT2D eigenvalue weighted by atomic mass is 9.99. The van der Waals surface area contributed by atoms with Gasteiger partial charge in [-0.2, -0.15) is 0 Å². The van der Waals surface area contributed by atoms with Crippen LogP contribution in [0.1, 0.15) is 31.4 Å². The molecule has 1 aliphatic rings. The summed E-state index contributed by atoms with van der Waals surface area (Å²) in [6.07, 6.45) is 1.99. The fourth-order valence-corrected chi connectivity index (χ4v) is 2.61. The predicted molar refractivity (Wildman–Crippen MR) is 75.2 cm³/mol. The van der Waals surface area contributed by atoms with E-state index in [0.29, 0.717) is 0 Å². The number of carbonyl (C=O) groups is 1. The topological polar surface area (TPSA) is 41.6 Å². The van der Waals surface area contributed by atoms with Gasteiger partial charge in [0.2, 0.25) is 5.91 Å². The summed E-state index contributed by atoms with van der Waals surface area (Å²) in [6, 6.07) is 8.01. The Balaban J connectivity index is 2.13. The van der Waals surface area contributed by atoms with E-state index in [2.05, 4.69) is 12.2 Å². The van der Waals surface area contributed by atoms with Crippen molar-refractivity contribution in [3.8, 4) is 5.75 Å². The lowest BCUT2D eigenvalue weighted by molar-refractivity contribution is -0.138. The van der Waals surface area contributed by atoms with E-state index in [0.717, 1.165) is 30.7 Å². The molecule has 0 aromatic heterocycles. The summed E-state index contributed by atoms with van der Waals surface area (Å²) >= 11 is 0. The molecular weight excluding hydrogens is 240 g/mol. The Kier molecular flexibility index (Phi) is 4.43. The van der Waals surface area contributed by atoms with Crippen LogP contribution in [0.4, 0.5) is 0 Å². The van der Waals surface area contributed by atoms with Gasteiger partial charge in [-0.1, -0.05) is 12.1 Å². The number of hydrogen-bond acceptors (Lipinski definition) is 3. The van der Waals surface area contributed by atoms with Gasteiger partial charge in [0.1, 0.15) is 5.75 Å². The number of amides is 1. The largest absolute Gasteiger partial charge is 0.497 e. The molecule has 104 valence electrons. The molecule has 2 rings (SSSR count). The zero-order valence-electron chi connectivity index (χ0n) is 11.8. The van der Waals surface area contributed by atoms with Gasteiger partial charge in [-0.15, -0.1) is 0 Å². The van der Waals surface area contributed by atoms with Crippen molar-refractivity contribution in [3.63, 3.8) is 0 Å². The summed E-state index contributed by atoms with van der Waals surface area (Å²) in [5.74, 6) is 1.05. The van der Waals surface area contributed by atoms with Crippen LogP contribution in [0.2, 0.25) is 0 Å². The molecule has 0 radical (unpaired) electrons. The van der Waals surface area contributed by atoms with Crippen molar-refractivity contribution in [1.82, 2.24) is 10.2 Å². The lowest BCUT2D eigenvalue weighted by Crippen LogP contribution is -2.50. The van der Waals surface area contributed by atoms with Gasteiger partial charge >= 0.3 is 0 Å². The molecular formula is C15H22N2O2. The van der Waals surface area contributed by atoms with Crippen LogP contribution < -0.4 is 10.1 Å². The third kappa shape index (κ3) is 2.89. The second-order valence-corrected chi connectivity index (χ2v) is 4.96. The Bertz CT molecular complexity index is 430. The van der Waals surface area contributed by atoms with Gasteiger partial charge in [-0.3, -0.25) is 4.79 Å². The average Bonchev–Trinajstić information content (AvgIpc) is 2.47. The quantitative estimate of drug-likeness (QED) is 0.902. The molecule has 1 saturated heterocycles. The van der Waals surface area contributed by atoms with Gasteiger partial charge in [-0.25, -0.2) is 0 Å². The minimum Gasteiger partial charge on any atom is -0.497 e. The molecule has 1 aromatic rings. The van der Waals surface area contributed by atoms with Crippen LogP contribution >= 0.6 is 0 Å². The van der Waals surface area contributed by atoms with E-state index < -0.39 is 0 Å². The number of likely N-dealkylation sites (tertiary alicyclic amines) is 1. The highest BCUT2D eigenvalue weighted by atomic mass is 16.5. The lowest BCUT2D eigenvalue weighted by Gasteiger charge is -2.36. The van der Waals surface area contributed by atoms with Gasteiger partial charge < -0.3 is 15.0 Å². The smallest absolute Gasteiger partial charge is 0.240 e. The van der Waals surface area contributed by atoms with Crippen LogP contribution in [-0.2, 0) is 4.79 Å². The minimum atomic E-state index is -0.0329. The zero-order chi connectivity index (χ0) is 13.8. The molecule has 4 heteroatoms. The van der Waals surface area contributed by atoms with E-state index in [9.17, 15) is 4.79 Å². The van der Waals surface area contributed by atoms with E-state index in [-0.39, 0.29) is 18.0 Å². The molecule has 1 aromatic carbocycles. The zero-order valence-corrected chi connectivity index (χ0v) is 11.8. The molecule has 2 unspecified atom stereocenters. The van der Waals surface area contributed by atoms with Crippen LogP contribution in [0.15, 0.2) is 24.3 Å². The first-order chi connectivity index (χ1) is 9.17. The molecule has 1 fully saturated rings. The Morgan fingerprint density at radius 2 is 2.05 bits per heavy atom. The summed E-state index contributed by atoms with van der Waals surface area (Å²) in [5, 5.41) is 3.10. The summed E-state index contributed by atoms with van der Waals surface area (Å²) < 4.78 is 5.16. The number of piperidine rings is 1. The number of hydrogen-bond donors (Lipinski definition) is 1. The van der Waals surface area contributed by atoms with Crippen molar-refractivity contribution in [2.75, 3.05) is 20.7 Å². The van der Waals surface area contributed by atoms with Crippen LogP contribution in [-0.4, -0.2) is 37.6 Å². The number of methoxy groups -OCH3 is 1. The molecule has 0 bridgehead atoms. The molecule has 1 amide bonds. The van der Waals surface area contributed by atoms with Crippen molar-refractivity contribution in [2.45, 2.75) is 31.8 Å². The van der Waals surface area contributed by atoms with Crippen LogP contribution in [0, 0.1) is 0 Å². The molecule has 4 nitrogen and oxygen atoms in total. The maximum Gasteiger partial charge on any atom is 0.240 e. The number of benzene rings is 1. The Morgan fingerprint density at radius 3 is 2.63 bits per heavy atom. The minimum absolute atomic E-state index is 0.0329. The fraction of sp³-hybridized carbons (Fsp3) is 0.533. The van der Waals surface area contributed by atoms with E-state index in [1.165, 1.54) is 0 Å². The number of rotatable bonds is 4. The summed E-state index contributed by atoms with van der Waals surface area (Å²) in [6.45, 7) is 2.92. The second-order valence-electron chi connectivity index (χ2n) is 4.96. The highest BCUT2D eigenvalue weighted by Crippen LogP contribution is 2.26. The number of nitrogens with zero attached hydrogens (tertiary/aromatic N) is 1. The molecule has 1 aliphatic heterocycles. The molecule has 2 atom stereocenters.